The number of rotatable bonds is 2. The van der Waals surface area contributed by atoms with Crippen molar-refractivity contribution in [2.45, 2.75) is 33.6 Å². The average Bonchev–Trinajstić information content (AvgIpc) is 2.14. The maximum absolute atomic E-state index is 10.9. The van der Waals surface area contributed by atoms with Crippen LogP contribution >= 0.6 is 0 Å². The highest BCUT2D eigenvalue weighted by Crippen LogP contribution is 2.33. The van der Waals surface area contributed by atoms with Crippen molar-refractivity contribution in [1.29, 1.82) is 0 Å². The number of carboxylic acid groups (broad SMARTS) is 1. The van der Waals surface area contributed by atoms with Crippen LogP contribution < -0.4 is 0 Å². The third-order valence-corrected chi connectivity index (χ3v) is 2.86. The van der Waals surface area contributed by atoms with E-state index in [-0.39, 0.29) is 5.75 Å². The number of carboxylic acids is 1. The predicted octanol–water partition coefficient (Wildman–Crippen LogP) is 2.51. The molecule has 15 heavy (non-hydrogen) atoms. The zero-order chi connectivity index (χ0) is 11.7. The van der Waals surface area contributed by atoms with Crippen molar-refractivity contribution in [1.82, 2.24) is 0 Å². The molecule has 0 bridgehead atoms. The van der Waals surface area contributed by atoms with Crippen LogP contribution in [0, 0.1) is 20.8 Å². The van der Waals surface area contributed by atoms with Gasteiger partial charge in [0.05, 0.1) is 5.92 Å². The molecule has 3 nitrogen and oxygen atoms in total. The highest BCUT2D eigenvalue weighted by molar-refractivity contribution is 5.77. The normalized spacial score (nSPS) is 12.5. The third kappa shape index (κ3) is 1.96. The van der Waals surface area contributed by atoms with Gasteiger partial charge in [0.1, 0.15) is 5.75 Å². The smallest absolute Gasteiger partial charge is 0.310 e. The predicted molar refractivity (Wildman–Crippen MR) is 58.4 cm³/mol. The minimum atomic E-state index is -0.920. The molecular weight excluding hydrogens is 192 g/mol. The number of aliphatic carboxylic acids is 1. The van der Waals surface area contributed by atoms with Crippen molar-refractivity contribution in [3.05, 3.63) is 28.3 Å². The number of phenols is 1. The first kappa shape index (κ1) is 11.6. The Morgan fingerprint density at radius 2 is 1.80 bits per heavy atom. The van der Waals surface area contributed by atoms with E-state index in [1.54, 1.807) is 13.8 Å². The van der Waals surface area contributed by atoms with E-state index in [0.717, 1.165) is 16.7 Å². The molecule has 0 radical (unpaired) electrons. The number of hydrogen-bond donors (Lipinski definition) is 2. The molecule has 1 aromatic rings. The van der Waals surface area contributed by atoms with Crippen LogP contribution in [-0.4, -0.2) is 16.2 Å². The van der Waals surface area contributed by atoms with Crippen molar-refractivity contribution in [3.63, 3.8) is 0 Å². The lowest BCUT2D eigenvalue weighted by molar-refractivity contribution is -0.138. The summed E-state index contributed by atoms with van der Waals surface area (Å²) in [7, 11) is 0. The molecule has 0 fully saturated rings. The number of phenolic OH excluding ortho intramolecular Hbond substituents is 1. The van der Waals surface area contributed by atoms with Gasteiger partial charge in [-0.05, 0) is 44.4 Å². The summed E-state index contributed by atoms with van der Waals surface area (Å²) in [6, 6.07) is 1.91. The lowest BCUT2D eigenvalue weighted by Gasteiger charge is -2.16. The molecule has 0 amide bonds. The number of aryl methyl sites for hydroxylation is 2. The first-order valence-electron chi connectivity index (χ1n) is 4.88. The summed E-state index contributed by atoms with van der Waals surface area (Å²) in [5.41, 5.74) is 3.08. The van der Waals surface area contributed by atoms with Gasteiger partial charge in [-0.15, -0.1) is 0 Å². The van der Waals surface area contributed by atoms with Gasteiger partial charge in [0.25, 0.3) is 0 Å². The lowest BCUT2D eigenvalue weighted by atomic mass is 9.91. The monoisotopic (exact) mass is 208 g/mol. The van der Waals surface area contributed by atoms with Crippen LogP contribution in [0.25, 0.3) is 0 Å². The summed E-state index contributed by atoms with van der Waals surface area (Å²) in [6.45, 7) is 7.10. The van der Waals surface area contributed by atoms with Gasteiger partial charge < -0.3 is 10.2 Å². The maximum atomic E-state index is 10.9. The third-order valence-electron chi connectivity index (χ3n) is 2.86. The molecule has 0 spiro atoms. The van der Waals surface area contributed by atoms with Gasteiger partial charge in [0.15, 0.2) is 0 Å². The van der Waals surface area contributed by atoms with Gasteiger partial charge in [-0.1, -0.05) is 6.07 Å². The zero-order valence-electron chi connectivity index (χ0n) is 9.46. The molecule has 0 saturated heterocycles. The standard InChI is InChI=1S/C12H16O3/c1-6-5-7(2)10(9(4)12(14)15)11(13)8(6)3/h5,9,13H,1-4H3,(H,14,15). The topological polar surface area (TPSA) is 57.5 Å². The van der Waals surface area contributed by atoms with Crippen molar-refractivity contribution >= 4 is 5.97 Å². The molecule has 82 valence electrons. The van der Waals surface area contributed by atoms with Crippen LogP contribution in [0.2, 0.25) is 0 Å². The van der Waals surface area contributed by atoms with E-state index in [1.807, 2.05) is 19.9 Å². The Hall–Kier alpha value is -1.51. The Kier molecular flexibility index (Phi) is 3.03. The lowest BCUT2D eigenvalue weighted by Crippen LogP contribution is -2.10. The van der Waals surface area contributed by atoms with E-state index in [2.05, 4.69) is 0 Å². The first-order chi connectivity index (χ1) is 6.86. The van der Waals surface area contributed by atoms with E-state index in [0.29, 0.717) is 5.56 Å². The van der Waals surface area contributed by atoms with E-state index >= 15 is 0 Å². The molecule has 0 aliphatic heterocycles. The molecule has 1 unspecified atom stereocenters. The van der Waals surface area contributed by atoms with Crippen molar-refractivity contribution in [2.24, 2.45) is 0 Å². The Labute approximate surface area is 89.4 Å². The molecule has 0 aromatic heterocycles. The largest absolute Gasteiger partial charge is 0.507 e. The van der Waals surface area contributed by atoms with Crippen LogP contribution in [0.4, 0.5) is 0 Å². The molecule has 1 atom stereocenters. The van der Waals surface area contributed by atoms with Crippen LogP contribution in [-0.2, 0) is 4.79 Å². The number of carbonyl (C=O) groups is 1. The van der Waals surface area contributed by atoms with Crippen LogP contribution in [0.15, 0.2) is 6.07 Å². The fraction of sp³-hybridized carbons (Fsp3) is 0.417. The molecule has 2 N–H and O–H groups in total. The summed E-state index contributed by atoms with van der Waals surface area (Å²) in [5.74, 6) is -1.48. The van der Waals surface area contributed by atoms with Crippen molar-refractivity contribution < 1.29 is 15.0 Å². The van der Waals surface area contributed by atoms with E-state index in [4.69, 9.17) is 5.11 Å². The summed E-state index contributed by atoms with van der Waals surface area (Å²) in [4.78, 5) is 10.9. The quantitative estimate of drug-likeness (QED) is 0.785. The number of benzene rings is 1. The fourth-order valence-corrected chi connectivity index (χ4v) is 1.76. The summed E-state index contributed by atoms with van der Waals surface area (Å²) >= 11 is 0. The van der Waals surface area contributed by atoms with Gasteiger partial charge >= 0.3 is 5.97 Å². The molecule has 0 heterocycles. The van der Waals surface area contributed by atoms with Crippen LogP contribution in [0.3, 0.4) is 0 Å². The molecule has 0 aliphatic carbocycles. The van der Waals surface area contributed by atoms with Gasteiger partial charge in [0, 0.05) is 5.56 Å². The van der Waals surface area contributed by atoms with E-state index < -0.39 is 11.9 Å². The fourth-order valence-electron chi connectivity index (χ4n) is 1.76. The minimum Gasteiger partial charge on any atom is -0.507 e. The average molecular weight is 208 g/mol. The summed E-state index contributed by atoms with van der Waals surface area (Å²) in [6.07, 6.45) is 0. The highest BCUT2D eigenvalue weighted by Gasteiger charge is 2.21. The van der Waals surface area contributed by atoms with Crippen LogP contribution in [0.1, 0.15) is 35.1 Å². The molecule has 0 aliphatic rings. The van der Waals surface area contributed by atoms with Crippen molar-refractivity contribution in [2.75, 3.05) is 0 Å². The number of aromatic hydroxyl groups is 1. The van der Waals surface area contributed by atoms with E-state index in [9.17, 15) is 9.90 Å². The summed E-state index contributed by atoms with van der Waals surface area (Å²) < 4.78 is 0. The van der Waals surface area contributed by atoms with Crippen molar-refractivity contribution in [3.8, 4) is 5.75 Å². The van der Waals surface area contributed by atoms with Gasteiger partial charge in [0.2, 0.25) is 0 Å². The van der Waals surface area contributed by atoms with E-state index in [1.165, 1.54) is 0 Å². The van der Waals surface area contributed by atoms with Crippen LogP contribution in [0.5, 0.6) is 5.75 Å². The molecular formula is C12H16O3. The SMILES string of the molecule is Cc1cc(C)c(C(C)C(=O)O)c(O)c1C. The Bertz CT molecular complexity index is 408. The van der Waals surface area contributed by atoms with Gasteiger partial charge in [-0.2, -0.15) is 0 Å². The molecule has 0 saturated carbocycles. The minimum absolute atomic E-state index is 0.113. The maximum Gasteiger partial charge on any atom is 0.310 e. The highest BCUT2D eigenvalue weighted by atomic mass is 16.4. The summed E-state index contributed by atoms with van der Waals surface area (Å²) in [5, 5.41) is 18.8. The molecule has 1 aromatic carbocycles. The zero-order valence-corrected chi connectivity index (χ0v) is 9.46. The second kappa shape index (κ2) is 3.93. The second-order valence-electron chi connectivity index (χ2n) is 3.96. The Morgan fingerprint density at radius 3 is 2.27 bits per heavy atom. The first-order valence-corrected chi connectivity index (χ1v) is 4.88. The van der Waals surface area contributed by atoms with Gasteiger partial charge in [-0.25, -0.2) is 0 Å². The Morgan fingerprint density at radius 1 is 1.27 bits per heavy atom. The van der Waals surface area contributed by atoms with Gasteiger partial charge in [-0.3, -0.25) is 4.79 Å². The second-order valence-corrected chi connectivity index (χ2v) is 3.96. The number of hydrogen-bond acceptors (Lipinski definition) is 2. The molecule has 1 rings (SSSR count). The molecule has 3 heteroatoms. The Balaban J connectivity index is 3.42.